The third kappa shape index (κ3) is 5.99. The number of benzene rings is 2. The van der Waals surface area contributed by atoms with Crippen LogP contribution >= 0.6 is 11.6 Å². The summed E-state index contributed by atoms with van der Waals surface area (Å²) in [6, 6.07) is 11.4. The highest BCUT2D eigenvalue weighted by atomic mass is 35.5. The maximum absolute atomic E-state index is 13.6. The molecule has 0 aromatic heterocycles. The van der Waals surface area contributed by atoms with Crippen molar-refractivity contribution in [1.29, 1.82) is 0 Å². The van der Waals surface area contributed by atoms with E-state index in [1.54, 1.807) is 0 Å². The van der Waals surface area contributed by atoms with Crippen molar-refractivity contribution in [2.24, 2.45) is 4.99 Å². The Morgan fingerprint density at radius 2 is 1.84 bits per heavy atom. The molecule has 11 heteroatoms. The quantitative estimate of drug-likeness (QED) is 0.576. The maximum atomic E-state index is 13.6. The zero-order chi connectivity index (χ0) is 26.6. The molecule has 202 valence electrons. The van der Waals surface area contributed by atoms with Crippen LogP contribution in [0.4, 0.5) is 15.8 Å². The Bertz CT molecular complexity index is 1200. The monoisotopic (exact) mass is 542 g/mol. The van der Waals surface area contributed by atoms with E-state index in [2.05, 4.69) is 39.2 Å². The molecule has 0 radical (unpaired) electrons. The number of nitrogens with zero attached hydrogens (tertiary/aromatic N) is 5. The molecule has 2 aromatic carbocycles. The summed E-state index contributed by atoms with van der Waals surface area (Å²) >= 11 is 5.91. The molecule has 3 aliphatic rings. The zero-order valence-corrected chi connectivity index (χ0v) is 22.2. The minimum Gasteiger partial charge on any atom is -0.379 e. The highest BCUT2D eigenvalue weighted by Crippen LogP contribution is 2.27. The van der Waals surface area contributed by atoms with Crippen LogP contribution in [0.15, 0.2) is 47.5 Å². The van der Waals surface area contributed by atoms with Crippen molar-refractivity contribution < 1.29 is 18.7 Å². The Labute approximate surface area is 226 Å². The van der Waals surface area contributed by atoms with Gasteiger partial charge in [-0.05, 0) is 42.3 Å². The molecule has 3 aliphatic heterocycles. The topological polar surface area (TPSA) is 80.7 Å². The van der Waals surface area contributed by atoms with E-state index in [0.29, 0.717) is 25.0 Å². The first-order valence-electron chi connectivity index (χ1n) is 12.9. The van der Waals surface area contributed by atoms with Gasteiger partial charge < -0.3 is 15.0 Å². The van der Waals surface area contributed by atoms with E-state index < -0.39 is 11.9 Å². The van der Waals surface area contributed by atoms with Gasteiger partial charge in [-0.3, -0.25) is 24.3 Å². The molecule has 2 fully saturated rings. The molecule has 1 atom stereocenters. The fraction of sp³-hybridized carbons (Fsp3) is 0.444. The molecule has 0 aliphatic carbocycles. The number of aliphatic imine (C=N–C) groups is 1. The van der Waals surface area contributed by atoms with Crippen LogP contribution in [0, 0.1) is 5.82 Å². The molecule has 1 N–H and O–H groups in total. The Morgan fingerprint density at radius 1 is 1.11 bits per heavy atom. The van der Waals surface area contributed by atoms with E-state index in [1.807, 2.05) is 21.9 Å². The molecule has 0 bridgehead atoms. The number of hydrogen-bond acceptors (Lipinski definition) is 7. The number of anilines is 2. The van der Waals surface area contributed by atoms with E-state index in [1.165, 1.54) is 23.8 Å². The highest BCUT2D eigenvalue weighted by molar-refractivity contribution is 6.31. The smallest absolute Gasteiger partial charge is 0.251 e. The predicted octanol–water partition coefficient (Wildman–Crippen LogP) is 3.01. The second kappa shape index (κ2) is 11.8. The molecule has 2 saturated heterocycles. The number of rotatable bonds is 7. The van der Waals surface area contributed by atoms with E-state index in [9.17, 15) is 14.0 Å². The van der Waals surface area contributed by atoms with Gasteiger partial charge in [0, 0.05) is 37.6 Å². The molecule has 3 heterocycles. The first kappa shape index (κ1) is 26.6. The number of nitrogens with one attached hydrogen (secondary N) is 1. The average Bonchev–Trinajstić information content (AvgIpc) is 2.94. The number of fused-ring (bicyclic) bond motifs is 1. The SMILES string of the molecule is CCc1ccc(N2CN(CCN3CCOCC3)CN3C2=NC(=O)CC3C(=O)Nc2ccc(F)c(Cl)c2)cc1. The molecular formula is C27H32ClFN6O3. The van der Waals surface area contributed by atoms with Crippen molar-refractivity contribution in [1.82, 2.24) is 14.7 Å². The number of morpholine rings is 1. The maximum Gasteiger partial charge on any atom is 0.251 e. The number of ether oxygens (including phenoxy) is 1. The predicted molar refractivity (Wildman–Crippen MR) is 145 cm³/mol. The summed E-state index contributed by atoms with van der Waals surface area (Å²) in [7, 11) is 0. The molecule has 0 saturated carbocycles. The average molecular weight is 543 g/mol. The first-order chi connectivity index (χ1) is 18.4. The number of hydrogen-bond donors (Lipinski definition) is 1. The molecule has 9 nitrogen and oxygen atoms in total. The van der Waals surface area contributed by atoms with Crippen molar-refractivity contribution in [3.8, 4) is 0 Å². The second-order valence-corrected chi connectivity index (χ2v) is 10.1. The van der Waals surface area contributed by atoms with E-state index in [-0.39, 0.29) is 23.3 Å². The Kier molecular flexibility index (Phi) is 8.23. The molecule has 0 spiro atoms. The fourth-order valence-electron chi connectivity index (χ4n) is 4.93. The van der Waals surface area contributed by atoms with Crippen molar-refractivity contribution in [3.63, 3.8) is 0 Å². The van der Waals surface area contributed by atoms with Gasteiger partial charge in [-0.1, -0.05) is 30.7 Å². The summed E-state index contributed by atoms with van der Waals surface area (Å²) < 4.78 is 19.1. The second-order valence-electron chi connectivity index (χ2n) is 9.69. The minimum atomic E-state index is -0.776. The molecule has 38 heavy (non-hydrogen) atoms. The Hall–Kier alpha value is -3.05. The molecular weight excluding hydrogens is 511 g/mol. The van der Waals surface area contributed by atoms with Crippen molar-refractivity contribution >= 4 is 40.7 Å². The lowest BCUT2D eigenvalue weighted by molar-refractivity contribution is -0.127. The minimum absolute atomic E-state index is 0.0514. The van der Waals surface area contributed by atoms with Crippen LogP contribution in [0.3, 0.4) is 0 Å². The lowest BCUT2D eigenvalue weighted by Crippen LogP contribution is -2.66. The summed E-state index contributed by atoms with van der Waals surface area (Å²) in [4.78, 5) is 39.1. The van der Waals surface area contributed by atoms with Crippen LogP contribution in [0.5, 0.6) is 0 Å². The number of carbonyl (C=O) groups excluding carboxylic acids is 2. The van der Waals surface area contributed by atoms with Gasteiger partial charge in [0.05, 0.1) is 38.0 Å². The van der Waals surface area contributed by atoms with Crippen LogP contribution in [-0.4, -0.2) is 91.2 Å². The third-order valence-electron chi connectivity index (χ3n) is 7.14. The summed E-state index contributed by atoms with van der Waals surface area (Å²) in [6.07, 6.45) is 0.872. The number of carbonyl (C=O) groups is 2. The fourth-order valence-corrected chi connectivity index (χ4v) is 5.11. The van der Waals surface area contributed by atoms with E-state index in [4.69, 9.17) is 16.3 Å². The summed E-state index contributed by atoms with van der Waals surface area (Å²) in [5, 5.41) is 2.72. The van der Waals surface area contributed by atoms with Gasteiger partial charge in [0.2, 0.25) is 11.9 Å². The lowest BCUT2D eigenvalue weighted by Gasteiger charge is -2.48. The zero-order valence-electron chi connectivity index (χ0n) is 21.4. The number of halogens is 2. The van der Waals surface area contributed by atoms with Gasteiger partial charge in [0.1, 0.15) is 11.9 Å². The molecule has 2 amide bonds. The summed E-state index contributed by atoms with van der Waals surface area (Å²) in [5.74, 6) is -0.829. The molecule has 2 aromatic rings. The highest BCUT2D eigenvalue weighted by Gasteiger charge is 2.41. The van der Waals surface area contributed by atoms with Crippen LogP contribution < -0.4 is 10.2 Å². The van der Waals surface area contributed by atoms with Gasteiger partial charge in [0.15, 0.2) is 0 Å². The van der Waals surface area contributed by atoms with E-state index >= 15 is 0 Å². The van der Waals surface area contributed by atoms with Crippen LogP contribution in [0.1, 0.15) is 18.9 Å². The van der Waals surface area contributed by atoms with Crippen molar-refractivity contribution in [2.75, 3.05) is 62.9 Å². The third-order valence-corrected chi connectivity index (χ3v) is 7.43. The van der Waals surface area contributed by atoms with Gasteiger partial charge in [-0.2, -0.15) is 4.99 Å². The van der Waals surface area contributed by atoms with Crippen LogP contribution in [-0.2, 0) is 20.7 Å². The number of guanidine groups is 1. The van der Waals surface area contributed by atoms with Gasteiger partial charge in [-0.25, -0.2) is 4.39 Å². The summed E-state index contributed by atoms with van der Waals surface area (Å²) in [6.45, 7) is 8.00. The normalized spacial score (nSPS) is 20.8. The van der Waals surface area contributed by atoms with Crippen LogP contribution in [0.2, 0.25) is 5.02 Å². The first-order valence-corrected chi connectivity index (χ1v) is 13.3. The van der Waals surface area contributed by atoms with Crippen molar-refractivity contribution in [2.45, 2.75) is 25.8 Å². The Balaban J connectivity index is 1.40. The Morgan fingerprint density at radius 3 is 2.55 bits per heavy atom. The largest absolute Gasteiger partial charge is 0.379 e. The van der Waals surface area contributed by atoms with Gasteiger partial charge in [-0.15, -0.1) is 0 Å². The number of amides is 2. The molecule has 5 rings (SSSR count). The van der Waals surface area contributed by atoms with E-state index in [0.717, 1.165) is 51.5 Å². The molecule has 1 unspecified atom stereocenters. The van der Waals surface area contributed by atoms with Crippen LogP contribution in [0.25, 0.3) is 0 Å². The van der Waals surface area contributed by atoms with Gasteiger partial charge in [0.25, 0.3) is 5.91 Å². The van der Waals surface area contributed by atoms with Gasteiger partial charge >= 0.3 is 0 Å². The summed E-state index contributed by atoms with van der Waals surface area (Å²) in [5.41, 5.74) is 2.48. The standard InChI is InChI=1S/C27H32ClFN6O3/c1-2-19-3-6-21(7-4-19)34-17-33(10-9-32-11-13-38-14-12-32)18-35-24(16-25(36)31-27(34)35)26(37)30-20-5-8-23(29)22(28)15-20/h3-8,15,24H,2,9-14,16-18H2,1H3,(H,30,37). The number of aryl methyl sites for hydroxylation is 1. The van der Waals surface area contributed by atoms with Crippen molar-refractivity contribution in [3.05, 3.63) is 58.9 Å². The lowest BCUT2D eigenvalue weighted by atomic mass is 10.1.